The Kier molecular flexibility index (Phi) is 9.22. The lowest BCUT2D eigenvalue weighted by molar-refractivity contribution is 0.357. The van der Waals surface area contributed by atoms with Crippen molar-refractivity contribution in [3.63, 3.8) is 0 Å². The Morgan fingerprint density at radius 3 is 1.02 bits per heavy atom. The average molecular weight is 640 g/mol. The molecule has 0 unspecified atom stereocenters. The van der Waals surface area contributed by atoms with Gasteiger partial charge >= 0.3 is 0 Å². The topological polar surface area (TPSA) is 9.23 Å². The van der Waals surface area contributed by atoms with E-state index in [0.717, 1.165) is 0 Å². The molecule has 3 rings (SSSR count). The van der Waals surface area contributed by atoms with Crippen molar-refractivity contribution in [1.82, 2.24) is 0 Å². The van der Waals surface area contributed by atoms with Crippen molar-refractivity contribution in [3.8, 4) is 0 Å². The molecule has 0 spiro atoms. The van der Waals surface area contributed by atoms with E-state index in [2.05, 4.69) is 0 Å². The average Bonchev–Trinajstić information content (AvgIpc) is 2.92. The number of rotatable bonds is 7. The molecule has 0 saturated heterocycles. The van der Waals surface area contributed by atoms with Crippen LogP contribution in [-0.4, -0.2) is 21.6 Å². The van der Waals surface area contributed by atoms with Gasteiger partial charge in [-0.25, -0.2) is 65.9 Å². The molecule has 0 N–H and O–H groups in total. The largest absolute Gasteiger partial charge is 0.414 e. The maximum atomic E-state index is 15.0. The van der Waals surface area contributed by atoms with Gasteiger partial charge in [-0.3, -0.25) is 0 Å². The SMILES string of the molecule is C[Si](C)(C)OC/C=C(\B(c1c(F)c(F)c(F)c(F)c1F)c1c(F)c(F)c(F)c(F)c1F)c1c(F)c(F)c(F)c(F)c1F. The lowest BCUT2D eigenvalue weighted by Gasteiger charge is -2.24. The predicted octanol–water partition coefficient (Wildman–Crippen LogP) is 6.86. The van der Waals surface area contributed by atoms with Crippen LogP contribution in [-0.2, 0) is 4.43 Å². The van der Waals surface area contributed by atoms with Gasteiger partial charge in [-0.05, 0) is 19.6 Å². The molecule has 3 aromatic carbocycles. The van der Waals surface area contributed by atoms with Gasteiger partial charge in [0.25, 0.3) is 6.71 Å². The second kappa shape index (κ2) is 11.7. The fourth-order valence-electron chi connectivity index (χ4n) is 3.81. The molecule has 0 aliphatic rings. The summed E-state index contributed by atoms with van der Waals surface area (Å²) in [5.41, 5.74) is -9.05. The highest BCUT2D eigenvalue weighted by atomic mass is 28.4. The molecule has 0 aliphatic carbocycles. The van der Waals surface area contributed by atoms with Crippen molar-refractivity contribution in [3.05, 3.63) is 98.9 Å². The molecule has 3 aromatic rings. The molecule has 0 fully saturated rings. The molecule has 0 radical (unpaired) electrons. The standard InChI is InChI=1S/C24H12BF15OSi/c1-42(2,3)41-5-4-6(7-10(26)16(32)22(38)17(33)11(7)27)25(8-12(28)18(34)23(39)19(35)13(8)29)9-14(30)20(36)24(40)21(37)15(9)31/h4H,5H2,1-3H3/b6-4-. The highest BCUT2D eigenvalue weighted by Crippen LogP contribution is 2.32. The lowest BCUT2D eigenvalue weighted by atomic mass is 9.34. The van der Waals surface area contributed by atoms with Gasteiger partial charge in [0.15, 0.2) is 89.8 Å². The van der Waals surface area contributed by atoms with E-state index in [4.69, 9.17) is 4.43 Å². The summed E-state index contributed by atoms with van der Waals surface area (Å²) in [4.78, 5) is 0. The quantitative estimate of drug-likeness (QED) is 0.119. The monoisotopic (exact) mass is 640 g/mol. The molecule has 0 aromatic heterocycles. The predicted molar refractivity (Wildman–Crippen MR) is 121 cm³/mol. The molecule has 1 nitrogen and oxygen atoms in total. The Morgan fingerprint density at radius 2 is 0.738 bits per heavy atom. The molecule has 0 bridgehead atoms. The molecule has 226 valence electrons. The van der Waals surface area contributed by atoms with E-state index in [1.54, 1.807) is 0 Å². The minimum atomic E-state index is -3.63. The summed E-state index contributed by atoms with van der Waals surface area (Å²) >= 11 is 0. The summed E-state index contributed by atoms with van der Waals surface area (Å²) in [6, 6.07) is 0. The van der Waals surface area contributed by atoms with E-state index in [0.29, 0.717) is 0 Å². The highest BCUT2D eigenvalue weighted by molar-refractivity contribution is 6.99. The second-order valence-electron chi connectivity index (χ2n) is 9.43. The molecule has 18 heteroatoms. The zero-order valence-corrected chi connectivity index (χ0v) is 21.9. The van der Waals surface area contributed by atoms with Crippen molar-refractivity contribution >= 4 is 31.4 Å². The molecule has 0 heterocycles. The fraction of sp³-hybridized carbons (Fsp3) is 0.167. The lowest BCUT2D eigenvalue weighted by Crippen LogP contribution is -2.52. The van der Waals surface area contributed by atoms with Crippen LogP contribution >= 0.6 is 0 Å². The third kappa shape index (κ3) is 5.53. The highest BCUT2D eigenvalue weighted by Gasteiger charge is 2.44. The van der Waals surface area contributed by atoms with Gasteiger partial charge in [-0.2, -0.15) is 0 Å². The van der Waals surface area contributed by atoms with E-state index in [9.17, 15) is 48.3 Å². The third-order valence-corrected chi connectivity index (χ3v) is 6.73. The van der Waals surface area contributed by atoms with Crippen LogP contribution < -0.4 is 10.9 Å². The molecule has 0 saturated carbocycles. The number of halogens is 15. The van der Waals surface area contributed by atoms with Crippen molar-refractivity contribution in [2.75, 3.05) is 6.61 Å². The fourth-order valence-corrected chi connectivity index (χ4v) is 4.39. The molecular formula is C24H12BF15OSi. The van der Waals surface area contributed by atoms with Crippen LogP contribution in [0.5, 0.6) is 0 Å². The van der Waals surface area contributed by atoms with Crippen LogP contribution in [0.1, 0.15) is 5.56 Å². The van der Waals surface area contributed by atoms with Gasteiger partial charge in [0.1, 0.15) is 0 Å². The van der Waals surface area contributed by atoms with E-state index >= 15 is 17.6 Å². The van der Waals surface area contributed by atoms with Gasteiger partial charge in [0.2, 0.25) is 5.82 Å². The number of benzene rings is 3. The minimum absolute atomic E-state index is 0.178. The smallest absolute Gasteiger partial charge is 0.257 e. The number of hydrogen-bond acceptors (Lipinski definition) is 1. The summed E-state index contributed by atoms with van der Waals surface area (Å²) in [7, 11) is -2.75. The van der Waals surface area contributed by atoms with Crippen LogP contribution in [0.15, 0.2) is 6.08 Å². The second-order valence-corrected chi connectivity index (χ2v) is 13.9. The Bertz CT molecular complexity index is 1480. The van der Waals surface area contributed by atoms with Crippen molar-refractivity contribution in [2.24, 2.45) is 0 Å². The van der Waals surface area contributed by atoms with Crippen molar-refractivity contribution < 1.29 is 70.3 Å². The Labute approximate surface area is 227 Å². The Morgan fingerprint density at radius 1 is 0.476 bits per heavy atom. The van der Waals surface area contributed by atoms with Gasteiger partial charge in [0.05, 0.1) is 6.61 Å². The maximum absolute atomic E-state index is 15.0. The van der Waals surface area contributed by atoms with E-state index < -0.39 is 131 Å². The first-order valence-electron chi connectivity index (χ1n) is 11.1. The zero-order valence-electron chi connectivity index (χ0n) is 20.9. The summed E-state index contributed by atoms with van der Waals surface area (Å²) in [5, 5.41) is 0. The third-order valence-electron chi connectivity index (χ3n) is 5.69. The maximum Gasteiger partial charge on any atom is 0.257 e. The van der Waals surface area contributed by atoms with Crippen LogP contribution in [0.25, 0.3) is 5.47 Å². The zero-order chi connectivity index (χ0) is 32.2. The Hall–Kier alpha value is -3.41. The summed E-state index contributed by atoms with van der Waals surface area (Å²) in [6.45, 7) is -0.330. The van der Waals surface area contributed by atoms with Gasteiger partial charge in [-0.1, -0.05) is 11.5 Å². The summed E-state index contributed by atoms with van der Waals surface area (Å²) < 4.78 is 222. The molecule has 0 aliphatic heterocycles. The van der Waals surface area contributed by atoms with Gasteiger partial charge in [0, 0.05) is 16.5 Å². The van der Waals surface area contributed by atoms with Crippen LogP contribution in [0.3, 0.4) is 0 Å². The van der Waals surface area contributed by atoms with E-state index in [1.807, 2.05) is 0 Å². The van der Waals surface area contributed by atoms with Gasteiger partial charge < -0.3 is 4.43 Å². The van der Waals surface area contributed by atoms with Crippen LogP contribution in [0.2, 0.25) is 19.6 Å². The van der Waals surface area contributed by atoms with E-state index in [1.165, 1.54) is 19.6 Å². The number of hydrogen-bond donors (Lipinski definition) is 0. The van der Waals surface area contributed by atoms with Crippen LogP contribution in [0, 0.1) is 87.3 Å². The normalized spacial score (nSPS) is 12.4. The molecule has 42 heavy (non-hydrogen) atoms. The Balaban J connectivity index is 2.68. The summed E-state index contributed by atoms with van der Waals surface area (Å²) in [6.07, 6.45) is 0.178. The minimum Gasteiger partial charge on any atom is -0.414 e. The van der Waals surface area contributed by atoms with Crippen molar-refractivity contribution in [2.45, 2.75) is 19.6 Å². The van der Waals surface area contributed by atoms with E-state index in [-0.39, 0.29) is 6.08 Å². The molecule has 0 amide bonds. The molecular weight excluding hydrogens is 628 g/mol. The summed E-state index contributed by atoms with van der Waals surface area (Å²) in [5.74, 6) is -43.2. The molecule has 0 atom stereocenters. The van der Waals surface area contributed by atoms with Gasteiger partial charge in [-0.15, -0.1) is 0 Å². The van der Waals surface area contributed by atoms with Crippen molar-refractivity contribution in [1.29, 1.82) is 0 Å². The first-order valence-corrected chi connectivity index (χ1v) is 14.5. The first-order chi connectivity index (χ1) is 19.3. The van der Waals surface area contributed by atoms with Crippen LogP contribution in [0.4, 0.5) is 65.9 Å². The first kappa shape index (κ1) is 33.1.